The van der Waals surface area contributed by atoms with Crippen LogP contribution in [0.1, 0.15) is 0 Å². The highest BCUT2D eigenvalue weighted by atomic mass is 35.5. The number of para-hydroxylation sites is 1. The Bertz CT molecular complexity index is 1000. The maximum Gasteiger partial charge on any atom is 0.244 e. The molecule has 3 aromatic rings. The summed E-state index contributed by atoms with van der Waals surface area (Å²) in [5.74, 6) is -0.00350. The minimum atomic E-state index is -0.263. The van der Waals surface area contributed by atoms with Crippen LogP contribution in [0.4, 0.5) is 11.4 Å². The Balaban J connectivity index is 1.57. The van der Waals surface area contributed by atoms with Crippen molar-refractivity contribution >= 4 is 46.6 Å². The summed E-state index contributed by atoms with van der Waals surface area (Å²) in [4.78, 5) is 27.6. The number of benzene rings is 2. The van der Waals surface area contributed by atoms with Gasteiger partial charge in [-0.15, -0.1) is 11.8 Å². The van der Waals surface area contributed by atoms with Crippen LogP contribution in [0.2, 0.25) is 5.02 Å². The van der Waals surface area contributed by atoms with Gasteiger partial charge in [0.25, 0.3) is 0 Å². The average Bonchev–Trinajstić information content (AvgIpc) is 3.20. The van der Waals surface area contributed by atoms with Crippen LogP contribution in [0, 0.1) is 0 Å². The van der Waals surface area contributed by atoms with Crippen LogP contribution in [-0.2, 0) is 9.59 Å². The molecule has 7 heteroatoms. The molecule has 2 aromatic carbocycles. The number of nitrogens with zero attached hydrogens (tertiary/aromatic N) is 2. The molecule has 0 bridgehead atoms. The molecule has 0 fully saturated rings. The average molecular weight is 398 g/mol. The Morgan fingerprint density at radius 1 is 1.07 bits per heavy atom. The fourth-order valence-corrected chi connectivity index (χ4v) is 4.08. The number of halogens is 1. The number of carbonyl (C=O) groups is 2. The van der Waals surface area contributed by atoms with Crippen LogP contribution in [0.25, 0.3) is 5.69 Å². The summed E-state index contributed by atoms with van der Waals surface area (Å²) in [6.45, 7) is -0.0375. The maximum absolute atomic E-state index is 12.7. The first-order valence-corrected chi connectivity index (χ1v) is 9.73. The van der Waals surface area contributed by atoms with Crippen molar-refractivity contribution in [1.29, 1.82) is 0 Å². The number of aromatic nitrogens is 1. The van der Waals surface area contributed by atoms with Gasteiger partial charge in [-0.25, -0.2) is 0 Å². The van der Waals surface area contributed by atoms with Gasteiger partial charge in [-0.1, -0.05) is 23.7 Å². The number of thioether (sulfide) groups is 1. The number of anilines is 2. The SMILES string of the molecule is O=C(CN1C(=O)CSc2ccccc21)Nc1ccc(Cl)cc1-n1cccc1. The van der Waals surface area contributed by atoms with Crippen molar-refractivity contribution in [3.05, 3.63) is 72.0 Å². The number of rotatable bonds is 4. The van der Waals surface area contributed by atoms with Gasteiger partial charge in [0.15, 0.2) is 0 Å². The molecule has 136 valence electrons. The first-order chi connectivity index (χ1) is 13.1. The zero-order chi connectivity index (χ0) is 18.8. The van der Waals surface area contributed by atoms with E-state index in [0.29, 0.717) is 16.5 Å². The smallest absolute Gasteiger partial charge is 0.244 e. The zero-order valence-corrected chi connectivity index (χ0v) is 15.8. The van der Waals surface area contributed by atoms with Gasteiger partial charge in [0.05, 0.1) is 22.8 Å². The fraction of sp³-hybridized carbons (Fsp3) is 0.100. The third-order valence-electron chi connectivity index (χ3n) is 4.23. The third kappa shape index (κ3) is 3.72. The molecule has 0 aliphatic carbocycles. The van der Waals surface area contributed by atoms with Gasteiger partial charge < -0.3 is 14.8 Å². The minimum Gasteiger partial charge on any atom is -0.323 e. The van der Waals surface area contributed by atoms with E-state index in [2.05, 4.69) is 5.32 Å². The Morgan fingerprint density at radius 2 is 1.85 bits per heavy atom. The van der Waals surface area contributed by atoms with Crippen molar-refractivity contribution < 1.29 is 9.59 Å². The van der Waals surface area contributed by atoms with Crippen molar-refractivity contribution in [1.82, 2.24) is 4.57 Å². The van der Waals surface area contributed by atoms with Crippen LogP contribution in [0.3, 0.4) is 0 Å². The molecule has 4 rings (SSSR count). The second kappa shape index (κ2) is 7.50. The lowest BCUT2D eigenvalue weighted by molar-refractivity contribution is -0.120. The largest absolute Gasteiger partial charge is 0.323 e. The normalized spacial score (nSPS) is 13.4. The molecule has 5 nitrogen and oxygen atoms in total. The molecule has 0 radical (unpaired) electrons. The minimum absolute atomic E-state index is 0.0375. The fourth-order valence-electron chi connectivity index (χ4n) is 2.98. The maximum atomic E-state index is 12.7. The van der Waals surface area contributed by atoms with E-state index < -0.39 is 0 Å². The van der Waals surface area contributed by atoms with Crippen LogP contribution < -0.4 is 10.2 Å². The number of fused-ring (bicyclic) bond motifs is 1. The first-order valence-electron chi connectivity index (χ1n) is 8.37. The number of amides is 2. The highest BCUT2D eigenvalue weighted by molar-refractivity contribution is 8.00. The van der Waals surface area contributed by atoms with Gasteiger partial charge in [-0.3, -0.25) is 9.59 Å². The molecule has 1 aliphatic heterocycles. The Labute approximate surface area is 165 Å². The summed E-state index contributed by atoms with van der Waals surface area (Å²) in [5, 5.41) is 3.48. The Morgan fingerprint density at radius 3 is 2.67 bits per heavy atom. The molecular formula is C20H16ClN3O2S. The summed E-state index contributed by atoms with van der Waals surface area (Å²) in [5.41, 5.74) is 2.17. The zero-order valence-electron chi connectivity index (χ0n) is 14.3. The summed E-state index contributed by atoms with van der Waals surface area (Å²) < 4.78 is 1.87. The first kappa shape index (κ1) is 17.7. The molecule has 1 N–H and O–H groups in total. The highest BCUT2D eigenvalue weighted by Gasteiger charge is 2.26. The third-order valence-corrected chi connectivity index (χ3v) is 5.51. The van der Waals surface area contributed by atoms with Gasteiger partial charge in [0, 0.05) is 22.3 Å². The van der Waals surface area contributed by atoms with E-state index in [0.717, 1.165) is 16.3 Å². The monoisotopic (exact) mass is 397 g/mol. The standard InChI is InChI=1S/C20H16ClN3O2S/c21-14-7-8-15(17(11-14)23-9-3-4-10-23)22-19(25)12-24-16-5-1-2-6-18(16)27-13-20(24)26/h1-11H,12-13H2,(H,22,25). The molecule has 2 heterocycles. The van der Waals surface area contributed by atoms with Gasteiger partial charge >= 0.3 is 0 Å². The summed E-state index contributed by atoms with van der Waals surface area (Å²) >= 11 is 7.61. The molecule has 0 atom stereocenters. The van der Waals surface area contributed by atoms with Gasteiger partial charge in [-0.2, -0.15) is 0 Å². The van der Waals surface area contributed by atoms with Crippen molar-refractivity contribution in [3.63, 3.8) is 0 Å². The van der Waals surface area contributed by atoms with E-state index >= 15 is 0 Å². The molecule has 2 amide bonds. The van der Waals surface area contributed by atoms with Gasteiger partial charge in [0.2, 0.25) is 11.8 Å². The van der Waals surface area contributed by atoms with E-state index in [4.69, 9.17) is 11.6 Å². The molecule has 0 saturated carbocycles. The summed E-state index contributed by atoms with van der Waals surface area (Å²) in [6.07, 6.45) is 3.76. The van der Waals surface area contributed by atoms with Crippen molar-refractivity contribution in [2.75, 3.05) is 22.5 Å². The van der Waals surface area contributed by atoms with Crippen molar-refractivity contribution in [2.45, 2.75) is 4.90 Å². The molecule has 0 saturated heterocycles. The number of nitrogens with one attached hydrogen (secondary N) is 1. The molecule has 0 spiro atoms. The van der Waals surface area contributed by atoms with Gasteiger partial charge in [0.1, 0.15) is 6.54 Å². The molecule has 1 aromatic heterocycles. The van der Waals surface area contributed by atoms with E-state index in [1.165, 1.54) is 16.7 Å². The van der Waals surface area contributed by atoms with Crippen LogP contribution in [-0.4, -0.2) is 28.7 Å². The van der Waals surface area contributed by atoms with Crippen LogP contribution >= 0.6 is 23.4 Å². The molecule has 1 aliphatic rings. The number of hydrogen-bond donors (Lipinski definition) is 1. The molecular weight excluding hydrogens is 382 g/mol. The second-order valence-electron chi connectivity index (χ2n) is 6.04. The number of hydrogen-bond acceptors (Lipinski definition) is 3. The lowest BCUT2D eigenvalue weighted by atomic mass is 10.2. The van der Waals surface area contributed by atoms with Crippen molar-refractivity contribution in [3.8, 4) is 5.69 Å². The topological polar surface area (TPSA) is 54.3 Å². The van der Waals surface area contributed by atoms with Crippen LogP contribution in [0.15, 0.2) is 71.9 Å². The van der Waals surface area contributed by atoms with E-state index in [9.17, 15) is 9.59 Å². The lowest BCUT2D eigenvalue weighted by Gasteiger charge is -2.28. The Kier molecular flexibility index (Phi) is 4.92. The Hall–Kier alpha value is -2.70. The van der Waals surface area contributed by atoms with E-state index in [1.807, 2.05) is 53.4 Å². The lowest BCUT2D eigenvalue weighted by Crippen LogP contribution is -2.41. The van der Waals surface area contributed by atoms with E-state index in [-0.39, 0.29) is 18.4 Å². The molecule has 0 unspecified atom stereocenters. The van der Waals surface area contributed by atoms with E-state index in [1.54, 1.807) is 18.2 Å². The second-order valence-corrected chi connectivity index (χ2v) is 7.49. The van der Waals surface area contributed by atoms with Crippen molar-refractivity contribution in [2.24, 2.45) is 0 Å². The number of carbonyl (C=O) groups excluding carboxylic acids is 2. The predicted molar refractivity (Wildman–Crippen MR) is 109 cm³/mol. The summed E-state index contributed by atoms with van der Waals surface area (Å²) in [7, 11) is 0. The summed E-state index contributed by atoms with van der Waals surface area (Å²) in [6, 6.07) is 16.7. The predicted octanol–water partition coefficient (Wildman–Crippen LogP) is 4.21. The highest BCUT2D eigenvalue weighted by Crippen LogP contribution is 2.34. The van der Waals surface area contributed by atoms with Gasteiger partial charge in [-0.05, 0) is 42.5 Å². The van der Waals surface area contributed by atoms with Crippen LogP contribution in [0.5, 0.6) is 0 Å². The quantitative estimate of drug-likeness (QED) is 0.717. The molecule has 27 heavy (non-hydrogen) atoms.